The standard InChI is InChI=1S/C21H34N4O3.HI/c1-5-22-21(24-17-9-10-25(13-17)20(27)15(2)3)23-12-18(26)14-28-19-8-6-7-16(4)11-19;/h6-8,11,15,17-18,26H,5,9-10,12-14H2,1-4H3,(H2,22,23,24);1H. The van der Waals surface area contributed by atoms with Gasteiger partial charge in [0, 0.05) is 31.6 Å². The molecule has 1 fully saturated rings. The molecule has 2 rings (SSSR count). The Kier molecular flexibility index (Phi) is 11.3. The number of nitrogens with one attached hydrogen (secondary N) is 2. The van der Waals surface area contributed by atoms with Crippen molar-refractivity contribution in [3.8, 4) is 5.75 Å². The van der Waals surface area contributed by atoms with Crippen molar-refractivity contribution in [1.29, 1.82) is 0 Å². The lowest BCUT2D eigenvalue weighted by Crippen LogP contribution is -2.45. The molecule has 164 valence electrons. The molecule has 3 N–H and O–H groups in total. The van der Waals surface area contributed by atoms with Crippen LogP contribution in [0.3, 0.4) is 0 Å². The highest BCUT2D eigenvalue weighted by Crippen LogP contribution is 2.13. The first-order valence-electron chi connectivity index (χ1n) is 10.1. The minimum absolute atomic E-state index is 0. The Bertz CT molecular complexity index is 669. The summed E-state index contributed by atoms with van der Waals surface area (Å²) in [6.07, 6.45) is 0.195. The third kappa shape index (κ3) is 8.77. The lowest BCUT2D eigenvalue weighted by Gasteiger charge is -2.20. The second-order valence-electron chi connectivity index (χ2n) is 7.57. The van der Waals surface area contributed by atoms with Gasteiger partial charge in [0.05, 0.1) is 6.54 Å². The summed E-state index contributed by atoms with van der Waals surface area (Å²) in [5.41, 5.74) is 1.12. The fourth-order valence-electron chi connectivity index (χ4n) is 3.10. The van der Waals surface area contributed by atoms with Gasteiger partial charge in [-0.3, -0.25) is 9.79 Å². The average Bonchev–Trinajstić information content (AvgIpc) is 3.12. The number of ether oxygens (including phenoxy) is 1. The van der Waals surface area contributed by atoms with Crippen LogP contribution in [0.2, 0.25) is 0 Å². The van der Waals surface area contributed by atoms with Crippen molar-refractivity contribution >= 4 is 35.8 Å². The maximum atomic E-state index is 12.1. The molecule has 29 heavy (non-hydrogen) atoms. The van der Waals surface area contributed by atoms with Crippen molar-refractivity contribution in [3.63, 3.8) is 0 Å². The smallest absolute Gasteiger partial charge is 0.225 e. The summed E-state index contributed by atoms with van der Waals surface area (Å²) >= 11 is 0. The normalized spacial score (nSPS) is 17.7. The molecule has 1 heterocycles. The molecule has 1 aromatic carbocycles. The van der Waals surface area contributed by atoms with E-state index in [1.165, 1.54) is 0 Å². The SMILES string of the molecule is CCNC(=NCC(O)COc1cccc(C)c1)NC1CCN(C(=O)C(C)C)C1.I. The van der Waals surface area contributed by atoms with E-state index in [0.717, 1.165) is 30.8 Å². The second-order valence-corrected chi connectivity index (χ2v) is 7.57. The number of rotatable bonds is 8. The fourth-order valence-corrected chi connectivity index (χ4v) is 3.10. The highest BCUT2D eigenvalue weighted by molar-refractivity contribution is 14.0. The molecule has 1 aliphatic heterocycles. The molecule has 0 spiro atoms. The van der Waals surface area contributed by atoms with Gasteiger partial charge in [-0.15, -0.1) is 24.0 Å². The number of aliphatic hydroxyl groups excluding tert-OH is 1. The molecule has 0 aliphatic carbocycles. The van der Waals surface area contributed by atoms with Crippen LogP contribution in [0.5, 0.6) is 5.75 Å². The van der Waals surface area contributed by atoms with Gasteiger partial charge in [0.25, 0.3) is 0 Å². The van der Waals surface area contributed by atoms with Crippen molar-refractivity contribution in [2.24, 2.45) is 10.9 Å². The van der Waals surface area contributed by atoms with Gasteiger partial charge in [-0.05, 0) is 38.0 Å². The van der Waals surface area contributed by atoms with Gasteiger partial charge in [0.1, 0.15) is 18.5 Å². The molecule has 7 nitrogen and oxygen atoms in total. The van der Waals surface area contributed by atoms with Gasteiger partial charge >= 0.3 is 0 Å². The molecule has 2 unspecified atom stereocenters. The molecule has 1 amide bonds. The number of aryl methyl sites for hydroxylation is 1. The number of amides is 1. The first kappa shape index (κ1) is 25.5. The fraction of sp³-hybridized carbons (Fsp3) is 0.619. The minimum atomic E-state index is -0.696. The molecular weight excluding hydrogens is 483 g/mol. The highest BCUT2D eigenvalue weighted by Gasteiger charge is 2.28. The molecule has 2 atom stereocenters. The van der Waals surface area contributed by atoms with Gasteiger partial charge in [-0.2, -0.15) is 0 Å². The van der Waals surface area contributed by atoms with Crippen LogP contribution in [-0.4, -0.2) is 66.8 Å². The van der Waals surface area contributed by atoms with E-state index in [4.69, 9.17) is 4.74 Å². The monoisotopic (exact) mass is 518 g/mol. The molecule has 8 heteroatoms. The van der Waals surface area contributed by atoms with E-state index in [2.05, 4.69) is 15.6 Å². The summed E-state index contributed by atoms with van der Waals surface area (Å²) in [5, 5.41) is 16.8. The summed E-state index contributed by atoms with van der Waals surface area (Å²) in [7, 11) is 0. The molecule has 0 aromatic heterocycles. The van der Waals surface area contributed by atoms with E-state index in [1.54, 1.807) is 0 Å². The summed E-state index contributed by atoms with van der Waals surface area (Å²) in [5.74, 6) is 1.61. The summed E-state index contributed by atoms with van der Waals surface area (Å²) in [6, 6.07) is 7.91. The summed E-state index contributed by atoms with van der Waals surface area (Å²) < 4.78 is 5.63. The number of aliphatic imine (C=N–C) groups is 1. The highest BCUT2D eigenvalue weighted by atomic mass is 127. The van der Waals surface area contributed by atoms with E-state index in [0.29, 0.717) is 12.5 Å². The maximum absolute atomic E-state index is 12.1. The van der Waals surface area contributed by atoms with Gasteiger partial charge in [0.2, 0.25) is 5.91 Å². The number of carbonyl (C=O) groups excluding carboxylic acids is 1. The first-order valence-corrected chi connectivity index (χ1v) is 10.1. The number of nitrogens with zero attached hydrogens (tertiary/aromatic N) is 2. The van der Waals surface area contributed by atoms with Crippen LogP contribution in [0.25, 0.3) is 0 Å². The Hall–Kier alpha value is -1.55. The quantitative estimate of drug-likeness (QED) is 0.279. The van der Waals surface area contributed by atoms with E-state index >= 15 is 0 Å². The predicted octanol–water partition coefficient (Wildman–Crippen LogP) is 2.16. The Balaban J connectivity index is 0.00000420. The number of carbonyl (C=O) groups is 1. The molecule has 1 aliphatic rings. The summed E-state index contributed by atoms with van der Waals surface area (Å²) in [4.78, 5) is 18.5. The Labute approximate surface area is 191 Å². The minimum Gasteiger partial charge on any atom is -0.491 e. The van der Waals surface area contributed by atoms with Crippen LogP contribution in [0, 0.1) is 12.8 Å². The average molecular weight is 518 g/mol. The molecule has 1 aromatic rings. The lowest BCUT2D eigenvalue weighted by molar-refractivity contribution is -0.133. The van der Waals surface area contributed by atoms with Gasteiger partial charge in [-0.1, -0.05) is 26.0 Å². The Morgan fingerprint density at radius 3 is 2.83 bits per heavy atom. The predicted molar refractivity (Wildman–Crippen MR) is 127 cm³/mol. The van der Waals surface area contributed by atoms with Crippen LogP contribution in [0.1, 0.15) is 32.8 Å². The van der Waals surface area contributed by atoms with Crippen molar-refractivity contribution < 1.29 is 14.6 Å². The third-order valence-electron chi connectivity index (χ3n) is 4.57. The molecular formula is C21H35IN4O3. The van der Waals surface area contributed by atoms with Crippen molar-refractivity contribution in [2.45, 2.75) is 46.3 Å². The number of guanidine groups is 1. The van der Waals surface area contributed by atoms with Crippen molar-refractivity contribution in [2.75, 3.05) is 32.8 Å². The topological polar surface area (TPSA) is 86.2 Å². The van der Waals surface area contributed by atoms with Crippen molar-refractivity contribution in [3.05, 3.63) is 29.8 Å². The lowest BCUT2D eigenvalue weighted by atomic mass is 10.2. The zero-order chi connectivity index (χ0) is 20.5. The second kappa shape index (κ2) is 12.9. The van der Waals surface area contributed by atoms with Crippen LogP contribution in [-0.2, 0) is 4.79 Å². The van der Waals surface area contributed by atoms with E-state index in [9.17, 15) is 9.90 Å². The number of halogens is 1. The van der Waals surface area contributed by atoms with E-state index in [-0.39, 0.29) is 55.0 Å². The first-order chi connectivity index (χ1) is 13.4. The molecule has 0 bridgehead atoms. The zero-order valence-electron chi connectivity index (χ0n) is 17.9. The van der Waals surface area contributed by atoms with Gasteiger partial charge < -0.3 is 25.4 Å². The molecule has 0 saturated carbocycles. The summed E-state index contributed by atoms with van der Waals surface area (Å²) in [6.45, 7) is 10.4. The maximum Gasteiger partial charge on any atom is 0.225 e. The number of aliphatic hydroxyl groups is 1. The van der Waals surface area contributed by atoms with Crippen LogP contribution in [0.4, 0.5) is 0 Å². The number of hydrogen-bond donors (Lipinski definition) is 3. The largest absolute Gasteiger partial charge is 0.491 e. The Morgan fingerprint density at radius 2 is 2.17 bits per heavy atom. The van der Waals surface area contributed by atoms with Crippen molar-refractivity contribution in [1.82, 2.24) is 15.5 Å². The van der Waals surface area contributed by atoms with Crippen LogP contribution < -0.4 is 15.4 Å². The van der Waals surface area contributed by atoms with Gasteiger partial charge in [-0.25, -0.2) is 0 Å². The number of benzene rings is 1. The Morgan fingerprint density at radius 1 is 1.41 bits per heavy atom. The molecule has 1 saturated heterocycles. The molecule has 0 radical (unpaired) electrons. The van der Waals surface area contributed by atoms with E-state index in [1.807, 2.05) is 56.9 Å². The number of likely N-dealkylation sites (tertiary alicyclic amines) is 1. The van der Waals surface area contributed by atoms with Crippen LogP contribution >= 0.6 is 24.0 Å². The third-order valence-corrected chi connectivity index (χ3v) is 4.57. The van der Waals surface area contributed by atoms with E-state index < -0.39 is 6.10 Å². The number of hydrogen-bond acceptors (Lipinski definition) is 4. The van der Waals surface area contributed by atoms with Crippen LogP contribution in [0.15, 0.2) is 29.3 Å². The zero-order valence-corrected chi connectivity index (χ0v) is 20.2. The van der Waals surface area contributed by atoms with Gasteiger partial charge in [0.15, 0.2) is 5.96 Å².